The summed E-state index contributed by atoms with van der Waals surface area (Å²) in [6, 6.07) is 0. The van der Waals surface area contributed by atoms with Crippen molar-refractivity contribution in [1.29, 1.82) is 0 Å². The number of nitrogen functional groups attached to an aromatic ring is 1. The van der Waals surface area contributed by atoms with Crippen molar-refractivity contribution >= 4 is 22.9 Å². The van der Waals surface area contributed by atoms with E-state index in [0.717, 1.165) is 37.4 Å². The predicted molar refractivity (Wildman–Crippen MR) is 74.0 cm³/mol. The lowest BCUT2D eigenvalue weighted by molar-refractivity contribution is 0.660. The highest BCUT2D eigenvalue weighted by molar-refractivity contribution is 5.84. The van der Waals surface area contributed by atoms with Crippen molar-refractivity contribution in [3.05, 3.63) is 24.5 Å². The second-order valence-electron chi connectivity index (χ2n) is 4.86. The number of aromatic nitrogens is 6. The molecular formula is C12H14N8. The average Bonchev–Trinajstić information content (AvgIpc) is 3.02. The molecule has 102 valence electrons. The molecule has 3 aromatic rings. The summed E-state index contributed by atoms with van der Waals surface area (Å²) in [6.07, 6.45) is 6.42. The van der Waals surface area contributed by atoms with Crippen molar-refractivity contribution in [1.82, 2.24) is 29.5 Å². The molecule has 0 saturated carbocycles. The Balaban J connectivity index is 1.81. The number of fused-ring (bicyclic) bond motifs is 2. The van der Waals surface area contributed by atoms with Gasteiger partial charge in [-0.05, 0) is 6.42 Å². The molecule has 1 aliphatic rings. The molecule has 1 aliphatic heterocycles. The molecule has 0 aliphatic carbocycles. The van der Waals surface area contributed by atoms with Crippen LogP contribution in [0.4, 0.5) is 11.8 Å². The summed E-state index contributed by atoms with van der Waals surface area (Å²) in [5, 5.41) is 0. The second-order valence-corrected chi connectivity index (χ2v) is 4.86. The van der Waals surface area contributed by atoms with Crippen molar-refractivity contribution in [3.63, 3.8) is 0 Å². The van der Waals surface area contributed by atoms with Gasteiger partial charge < -0.3 is 20.2 Å². The van der Waals surface area contributed by atoms with Crippen LogP contribution in [0.15, 0.2) is 18.9 Å². The fraction of sp³-hybridized carbons (Fsp3) is 0.333. The molecule has 20 heavy (non-hydrogen) atoms. The van der Waals surface area contributed by atoms with Crippen LogP contribution in [0.5, 0.6) is 0 Å². The Morgan fingerprint density at radius 2 is 2.20 bits per heavy atom. The average molecular weight is 270 g/mol. The van der Waals surface area contributed by atoms with Crippen LogP contribution in [-0.2, 0) is 13.1 Å². The molecule has 0 radical (unpaired) electrons. The van der Waals surface area contributed by atoms with Crippen LogP contribution >= 0.6 is 0 Å². The lowest BCUT2D eigenvalue weighted by Gasteiger charge is -2.21. The van der Waals surface area contributed by atoms with Crippen LogP contribution in [0.25, 0.3) is 11.2 Å². The lowest BCUT2D eigenvalue weighted by atomic mass is 10.3. The Morgan fingerprint density at radius 3 is 3.15 bits per heavy atom. The lowest BCUT2D eigenvalue weighted by Crippen LogP contribution is -2.24. The zero-order chi connectivity index (χ0) is 13.5. The number of imidazole rings is 2. The first-order chi connectivity index (χ1) is 9.81. The van der Waals surface area contributed by atoms with E-state index in [4.69, 9.17) is 5.73 Å². The molecule has 3 aromatic heterocycles. The largest absolute Gasteiger partial charge is 0.368 e. The molecule has 8 nitrogen and oxygen atoms in total. The molecule has 0 saturated heterocycles. The highest BCUT2D eigenvalue weighted by Gasteiger charge is 2.19. The summed E-state index contributed by atoms with van der Waals surface area (Å²) in [5.74, 6) is 1.05. The van der Waals surface area contributed by atoms with Crippen molar-refractivity contribution in [3.8, 4) is 0 Å². The molecule has 0 spiro atoms. The maximum atomic E-state index is 5.78. The quantitative estimate of drug-likeness (QED) is 0.669. The van der Waals surface area contributed by atoms with Crippen LogP contribution < -0.4 is 10.6 Å². The first-order valence-electron chi connectivity index (χ1n) is 6.52. The maximum absolute atomic E-state index is 5.78. The van der Waals surface area contributed by atoms with E-state index in [-0.39, 0.29) is 5.95 Å². The third-order valence-electron chi connectivity index (χ3n) is 3.56. The van der Waals surface area contributed by atoms with Crippen LogP contribution in [0.2, 0.25) is 0 Å². The number of anilines is 2. The highest BCUT2D eigenvalue weighted by atomic mass is 15.3. The van der Waals surface area contributed by atoms with E-state index in [1.807, 2.05) is 12.5 Å². The Morgan fingerprint density at radius 1 is 1.25 bits per heavy atom. The number of nitrogens with zero attached hydrogens (tertiary/aromatic N) is 6. The number of rotatable bonds is 1. The second kappa shape index (κ2) is 4.19. The summed E-state index contributed by atoms with van der Waals surface area (Å²) in [4.78, 5) is 22.2. The van der Waals surface area contributed by atoms with E-state index in [9.17, 15) is 0 Å². The summed E-state index contributed by atoms with van der Waals surface area (Å²) < 4.78 is 2.18. The van der Waals surface area contributed by atoms with Gasteiger partial charge in [0.1, 0.15) is 5.52 Å². The minimum Gasteiger partial charge on any atom is -0.368 e. The molecule has 4 rings (SSSR count). The molecule has 0 fully saturated rings. The molecule has 0 bridgehead atoms. The highest BCUT2D eigenvalue weighted by Crippen LogP contribution is 2.25. The predicted octanol–water partition coefficient (Wildman–Crippen LogP) is 0.542. The molecule has 0 unspecified atom stereocenters. The summed E-state index contributed by atoms with van der Waals surface area (Å²) in [6.45, 7) is 2.63. The minimum absolute atomic E-state index is 0.248. The van der Waals surface area contributed by atoms with Gasteiger partial charge in [0.2, 0.25) is 5.95 Å². The monoisotopic (exact) mass is 270 g/mol. The number of hydrogen-bond acceptors (Lipinski definition) is 6. The van der Waals surface area contributed by atoms with Crippen LogP contribution in [0, 0.1) is 0 Å². The summed E-state index contributed by atoms with van der Waals surface area (Å²) in [7, 11) is 0. The number of aryl methyl sites for hydroxylation is 1. The van der Waals surface area contributed by atoms with Crippen LogP contribution in [0.1, 0.15) is 12.1 Å². The van der Waals surface area contributed by atoms with Gasteiger partial charge in [-0.3, -0.25) is 0 Å². The third kappa shape index (κ3) is 1.68. The third-order valence-corrected chi connectivity index (χ3v) is 3.56. The van der Waals surface area contributed by atoms with Gasteiger partial charge in [-0.15, -0.1) is 0 Å². The maximum Gasteiger partial charge on any atom is 0.224 e. The molecular weight excluding hydrogens is 256 g/mol. The molecule has 4 heterocycles. The van der Waals surface area contributed by atoms with E-state index < -0.39 is 0 Å². The molecule has 0 amide bonds. The van der Waals surface area contributed by atoms with Crippen molar-refractivity contribution < 1.29 is 0 Å². The number of aromatic amines is 1. The van der Waals surface area contributed by atoms with Gasteiger partial charge in [0.05, 0.1) is 24.9 Å². The van der Waals surface area contributed by atoms with E-state index in [0.29, 0.717) is 5.65 Å². The van der Waals surface area contributed by atoms with Gasteiger partial charge in [-0.2, -0.15) is 9.97 Å². The number of nitrogens with two attached hydrogens (primary N) is 1. The Hall–Kier alpha value is -2.64. The fourth-order valence-corrected chi connectivity index (χ4v) is 2.63. The summed E-state index contributed by atoms with van der Waals surface area (Å²) in [5.41, 5.74) is 8.39. The molecule has 0 aromatic carbocycles. The van der Waals surface area contributed by atoms with Gasteiger partial charge in [0.15, 0.2) is 11.5 Å². The van der Waals surface area contributed by atoms with Gasteiger partial charge in [0, 0.05) is 19.3 Å². The van der Waals surface area contributed by atoms with Gasteiger partial charge >= 0.3 is 0 Å². The Labute approximate surface area is 114 Å². The van der Waals surface area contributed by atoms with Gasteiger partial charge in [0.25, 0.3) is 0 Å². The smallest absolute Gasteiger partial charge is 0.224 e. The first-order valence-corrected chi connectivity index (χ1v) is 6.52. The molecule has 8 heteroatoms. The number of nitrogens with one attached hydrogen (secondary N) is 1. The van der Waals surface area contributed by atoms with E-state index in [2.05, 4.69) is 34.4 Å². The topological polar surface area (TPSA) is 102 Å². The minimum atomic E-state index is 0.248. The van der Waals surface area contributed by atoms with Gasteiger partial charge in [-0.1, -0.05) is 0 Å². The van der Waals surface area contributed by atoms with Crippen molar-refractivity contribution in [2.45, 2.75) is 19.5 Å². The first kappa shape index (κ1) is 11.2. The molecule has 0 atom stereocenters. The Kier molecular flexibility index (Phi) is 2.35. The summed E-state index contributed by atoms with van der Waals surface area (Å²) >= 11 is 0. The molecule has 3 N–H and O–H groups in total. The SMILES string of the molecule is Nc1nc(N2CCCn3cncc3C2)c2[nH]cnc2n1. The van der Waals surface area contributed by atoms with Gasteiger partial charge in [-0.25, -0.2) is 9.97 Å². The standard InChI is InChI=1S/C12H14N8/c13-12-17-10-9(15-6-16-10)11(18-12)19-2-1-3-20-7-14-4-8(20)5-19/h4,6-7H,1-3,5H2,(H3,13,15,16,17,18). The zero-order valence-electron chi connectivity index (χ0n) is 10.8. The fourth-order valence-electron chi connectivity index (χ4n) is 2.63. The van der Waals surface area contributed by atoms with Crippen LogP contribution in [-0.4, -0.2) is 36.0 Å². The number of H-pyrrole nitrogens is 1. The zero-order valence-corrected chi connectivity index (χ0v) is 10.8. The number of hydrogen-bond donors (Lipinski definition) is 2. The van der Waals surface area contributed by atoms with Crippen LogP contribution in [0.3, 0.4) is 0 Å². The van der Waals surface area contributed by atoms with E-state index in [1.165, 1.54) is 5.69 Å². The van der Waals surface area contributed by atoms with Crippen molar-refractivity contribution in [2.24, 2.45) is 0 Å². The van der Waals surface area contributed by atoms with E-state index in [1.54, 1.807) is 6.33 Å². The Bertz CT molecular complexity index is 758. The van der Waals surface area contributed by atoms with E-state index >= 15 is 0 Å². The van der Waals surface area contributed by atoms with Crippen molar-refractivity contribution in [2.75, 3.05) is 17.2 Å². The normalized spacial score (nSPS) is 15.3.